The third-order valence-electron chi connectivity index (χ3n) is 4.09. The molecule has 3 aromatic rings. The van der Waals surface area contributed by atoms with Crippen molar-refractivity contribution in [3.8, 4) is 11.1 Å². The number of aromatic nitrogens is 1. The lowest BCUT2D eigenvalue weighted by Gasteiger charge is -2.08. The van der Waals surface area contributed by atoms with Crippen LogP contribution >= 0.6 is 23.2 Å². The van der Waals surface area contributed by atoms with Gasteiger partial charge in [-0.3, -0.25) is 9.79 Å². The van der Waals surface area contributed by atoms with Crippen molar-refractivity contribution in [3.63, 3.8) is 0 Å². The minimum atomic E-state index is -0.122. The zero-order chi connectivity index (χ0) is 18.1. The first kappa shape index (κ1) is 16.8. The number of carbonyl (C=O) groups excluding carboxylic acids is 1. The summed E-state index contributed by atoms with van der Waals surface area (Å²) in [5, 5.41) is 3.98. The van der Waals surface area contributed by atoms with E-state index in [0.717, 1.165) is 16.7 Å². The van der Waals surface area contributed by atoms with Gasteiger partial charge in [-0.25, -0.2) is 4.98 Å². The van der Waals surface area contributed by atoms with Crippen molar-refractivity contribution in [2.75, 3.05) is 5.32 Å². The van der Waals surface area contributed by atoms with E-state index in [-0.39, 0.29) is 12.3 Å². The molecule has 1 aromatic heterocycles. The molecule has 2 aromatic carbocycles. The number of anilines is 1. The van der Waals surface area contributed by atoms with E-state index in [9.17, 15) is 4.79 Å². The second kappa shape index (κ2) is 6.90. The highest BCUT2D eigenvalue weighted by atomic mass is 35.5. The SMILES string of the molecule is O=C1CC(c2ccnc(Cl)c2)=Nc2ccc(-c3ccc(Cl)cc3)cc2N1. The summed E-state index contributed by atoms with van der Waals surface area (Å²) in [4.78, 5) is 21.0. The van der Waals surface area contributed by atoms with Crippen LogP contribution in [0.1, 0.15) is 12.0 Å². The molecule has 26 heavy (non-hydrogen) atoms. The van der Waals surface area contributed by atoms with Crippen molar-refractivity contribution in [1.29, 1.82) is 0 Å². The number of carbonyl (C=O) groups is 1. The van der Waals surface area contributed by atoms with Crippen LogP contribution in [0.3, 0.4) is 0 Å². The number of fused-ring (bicyclic) bond motifs is 1. The maximum atomic E-state index is 12.3. The van der Waals surface area contributed by atoms with Crippen molar-refractivity contribution >= 4 is 46.2 Å². The summed E-state index contributed by atoms with van der Waals surface area (Å²) in [7, 11) is 0. The molecular weight excluding hydrogens is 369 g/mol. The Morgan fingerprint density at radius 3 is 2.42 bits per heavy atom. The fourth-order valence-corrected chi connectivity index (χ4v) is 3.14. The lowest BCUT2D eigenvalue weighted by atomic mass is 10.0. The molecule has 0 atom stereocenters. The zero-order valence-electron chi connectivity index (χ0n) is 13.5. The van der Waals surface area contributed by atoms with Crippen LogP contribution in [-0.4, -0.2) is 16.6 Å². The molecule has 4 rings (SSSR count). The number of hydrogen-bond acceptors (Lipinski definition) is 3. The van der Waals surface area contributed by atoms with E-state index in [1.54, 1.807) is 18.3 Å². The number of benzene rings is 2. The summed E-state index contributed by atoms with van der Waals surface area (Å²) in [6.07, 6.45) is 1.78. The molecule has 0 saturated carbocycles. The zero-order valence-corrected chi connectivity index (χ0v) is 15.1. The maximum absolute atomic E-state index is 12.3. The average molecular weight is 382 g/mol. The van der Waals surface area contributed by atoms with Crippen LogP contribution in [0.15, 0.2) is 65.8 Å². The van der Waals surface area contributed by atoms with Crippen LogP contribution in [-0.2, 0) is 4.79 Å². The van der Waals surface area contributed by atoms with Gasteiger partial charge in [-0.2, -0.15) is 0 Å². The van der Waals surface area contributed by atoms with Crippen molar-refractivity contribution in [2.24, 2.45) is 4.99 Å². The van der Waals surface area contributed by atoms with E-state index in [4.69, 9.17) is 23.2 Å². The molecule has 0 fully saturated rings. The van der Waals surface area contributed by atoms with Crippen LogP contribution in [0.5, 0.6) is 0 Å². The minimum Gasteiger partial charge on any atom is -0.324 e. The first-order valence-electron chi connectivity index (χ1n) is 7.98. The Morgan fingerprint density at radius 1 is 0.885 bits per heavy atom. The smallest absolute Gasteiger partial charge is 0.230 e. The van der Waals surface area contributed by atoms with Crippen LogP contribution in [0, 0.1) is 0 Å². The van der Waals surface area contributed by atoms with Gasteiger partial charge < -0.3 is 5.32 Å². The Hall–Kier alpha value is -2.69. The Labute approximate surface area is 160 Å². The van der Waals surface area contributed by atoms with E-state index >= 15 is 0 Å². The van der Waals surface area contributed by atoms with Crippen LogP contribution in [0.25, 0.3) is 11.1 Å². The van der Waals surface area contributed by atoms with Crippen molar-refractivity contribution in [2.45, 2.75) is 6.42 Å². The fourth-order valence-electron chi connectivity index (χ4n) is 2.84. The van der Waals surface area contributed by atoms with E-state index in [1.165, 1.54) is 0 Å². The topological polar surface area (TPSA) is 54.4 Å². The molecule has 1 N–H and O–H groups in total. The molecule has 1 amide bonds. The third-order valence-corrected chi connectivity index (χ3v) is 4.55. The Bertz CT molecular complexity index is 1030. The summed E-state index contributed by atoms with van der Waals surface area (Å²) < 4.78 is 0. The average Bonchev–Trinajstić information content (AvgIpc) is 2.79. The number of aliphatic imine (C=N–C) groups is 1. The van der Waals surface area contributed by atoms with Gasteiger partial charge in [0.2, 0.25) is 5.91 Å². The number of halogens is 2. The molecule has 4 nitrogen and oxygen atoms in total. The van der Waals surface area contributed by atoms with Crippen LogP contribution in [0.2, 0.25) is 10.2 Å². The van der Waals surface area contributed by atoms with Crippen molar-refractivity contribution < 1.29 is 4.79 Å². The predicted molar refractivity (Wildman–Crippen MR) is 106 cm³/mol. The normalized spacial score (nSPS) is 13.5. The number of rotatable bonds is 2. The number of nitrogens with zero attached hydrogens (tertiary/aromatic N) is 2. The number of nitrogens with one attached hydrogen (secondary N) is 1. The van der Waals surface area contributed by atoms with Gasteiger partial charge in [-0.05, 0) is 47.5 Å². The van der Waals surface area contributed by atoms with Gasteiger partial charge in [0, 0.05) is 16.8 Å². The molecule has 6 heteroatoms. The fraction of sp³-hybridized carbons (Fsp3) is 0.0500. The van der Waals surface area contributed by atoms with Crippen molar-refractivity contribution in [1.82, 2.24) is 4.98 Å². The molecule has 0 aliphatic carbocycles. The summed E-state index contributed by atoms with van der Waals surface area (Å²) in [5.41, 5.74) is 4.82. The van der Waals surface area contributed by atoms with Gasteiger partial charge in [-0.1, -0.05) is 41.4 Å². The van der Waals surface area contributed by atoms with Gasteiger partial charge in [0.1, 0.15) is 5.15 Å². The van der Waals surface area contributed by atoms with Crippen LogP contribution in [0.4, 0.5) is 11.4 Å². The molecule has 0 radical (unpaired) electrons. The molecule has 0 spiro atoms. The van der Waals surface area contributed by atoms with E-state index in [2.05, 4.69) is 15.3 Å². The Balaban J connectivity index is 1.77. The third kappa shape index (κ3) is 3.47. The van der Waals surface area contributed by atoms with Gasteiger partial charge in [0.15, 0.2) is 0 Å². The predicted octanol–water partition coefficient (Wildman–Crippen LogP) is 5.52. The molecule has 1 aliphatic heterocycles. The largest absolute Gasteiger partial charge is 0.324 e. The quantitative estimate of drug-likeness (QED) is 0.594. The molecule has 1 aliphatic rings. The first-order valence-corrected chi connectivity index (χ1v) is 8.73. The number of hydrogen-bond donors (Lipinski definition) is 1. The standard InChI is InChI=1S/C20H13Cl2N3O/c21-15-4-1-12(2-5-15)13-3-6-16-18(9-13)25-20(26)11-17(24-16)14-7-8-23-19(22)10-14/h1-10H,11H2,(H,25,26). The van der Waals surface area contributed by atoms with Gasteiger partial charge in [-0.15, -0.1) is 0 Å². The minimum absolute atomic E-state index is 0.122. The summed E-state index contributed by atoms with van der Waals surface area (Å²) in [6, 6.07) is 16.9. The second-order valence-electron chi connectivity index (χ2n) is 5.89. The van der Waals surface area contributed by atoms with E-state index in [1.807, 2.05) is 42.5 Å². The van der Waals surface area contributed by atoms with Gasteiger partial charge in [0.25, 0.3) is 0 Å². The highest BCUT2D eigenvalue weighted by Crippen LogP contribution is 2.34. The highest BCUT2D eigenvalue weighted by molar-refractivity contribution is 6.30. The molecule has 0 bridgehead atoms. The highest BCUT2D eigenvalue weighted by Gasteiger charge is 2.18. The maximum Gasteiger partial charge on any atom is 0.230 e. The summed E-state index contributed by atoms with van der Waals surface area (Å²) in [6.45, 7) is 0. The number of amides is 1. The molecule has 128 valence electrons. The van der Waals surface area contributed by atoms with Gasteiger partial charge in [0.05, 0.1) is 23.5 Å². The molecule has 0 unspecified atom stereocenters. The Kier molecular flexibility index (Phi) is 4.45. The van der Waals surface area contributed by atoms with Crippen LogP contribution < -0.4 is 5.32 Å². The summed E-state index contributed by atoms with van der Waals surface area (Å²) >= 11 is 11.9. The molecule has 2 heterocycles. The second-order valence-corrected chi connectivity index (χ2v) is 6.71. The lowest BCUT2D eigenvalue weighted by Crippen LogP contribution is -2.15. The lowest BCUT2D eigenvalue weighted by molar-refractivity contribution is -0.115. The van der Waals surface area contributed by atoms with Gasteiger partial charge >= 0.3 is 0 Å². The summed E-state index contributed by atoms with van der Waals surface area (Å²) in [5.74, 6) is -0.122. The van der Waals surface area contributed by atoms with E-state index in [0.29, 0.717) is 27.3 Å². The first-order chi connectivity index (χ1) is 12.6. The molecular formula is C20H13Cl2N3O. The Morgan fingerprint density at radius 2 is 1.65 bits per heavy atom. The number of pyridine rings is 1. The van der Waals surface area contributed by atoms with Crippen molar-refractivity contribution in [3.05, 3.63) is 76.5 Å². The monoisotopic (exact) mass is 381 g/mol. The van der Waals surface area contributed by atoms with E-state index < -0.39 is 0 Å². The molecule has 0 saturated heterocycles.